The molecule has 11 heteroatoms. The van der Waals surface area contributed by atoms with Crippen LogP contribution in [0.3, 0.4) is 0 Å². The number of rotatable bonds is 18. The number of ether oxygens (including phenoxy) is 4. The molecule has 0 radical (unpaired) electrons. The van der Waals surface area contributed by atoms with E-state index in [4.69, 9.17) is 29.2 Å². The highest BCUT2D eigenvalue weighted by Crippen LogP contribution is 1.98. The molecule has 0 aliphatic carbocycles. The quantitative estimate of drug-likeness (QED) is 0.151. The number of carbonyl (C=O) groups is 1. The van der Waals surface area contributed by atoms with Crippen molar-refractivity contribution in [3.63, 3.8) is 0 Å². The largest absolute Gasteiger partial charge is 0.379 e. The van der Waals surface area contributed by atoms with Gasteiger partial charge in [-0.05, 0) is 19.4 Å². The number of likely N-dealkylation sites (N-methyl/N-ethyl adjacent to an activating group) is 1. The highest BCUT2D eigenvalue weighted by atomic mass is 32.2. The maximum atomic E-state index is 9.92. The lowest BCUT2D eigenvalue weighted by Crippen LogP contribution is -2.30. The molecule has 0 aliphatic rings. The number of carbonyl (C=O) groups excluding carboxylic acids is 1. The molecule has 28 heavy (non-hydrogen) atoms. The zero-order valence-electron chi connectivity index (χ0n) is 17.3. The summed E-state index contributed by atoms with van der Waals surface area (Å²) in [7, 11) is -2.19. The average molecular weight is 431 g/mol. The monoisotopic (exact) mass is 430 g/mol. The van der Waals surface area contributed by atoms with Crippen LogP contribution in [0.15, 0.2) is 0 Å². The number of hydrogen-bond acceptors (Lipinski definition) is 9. The number of aldehydes is 1. The molecule has 4 N–H and O–H groups in total. The molecular weight excluding hydrogens is 392 g/mol. The van der Waals surface area contributed by atoms with Gasteiger partial charge in [-0.25, -0.2) is 0 Å². The Morgan fingerprint density at radius 2 is 1.36 bits per heavy atom. The van der Waals surface area contributed by atoms with Gasteiger partial charge in [0.15, 0.2) is 0 Å². The lowest BCUT2D eigenvalue weighted by atomic mass is 10.1. The van der Waals surface area contributed by atoms with Gasteiger partial charge in [0.1, 0.15) is 6.29 Å². The Balaban J connectivity index is 0. The van der Waals surface area contributed by atoms with Crippen molar-refractivity contribution in [1.82, 2.24) is 5.32 Å². The lowest BCUT2D eigenvalue weighted by Gasteiger charge is -2.08. The Kier molecular flexibility index (Phi) is 22.2. The molecular formula is C17H38N2O8S. The maximum absolute atomic E-state index is 9.92. The van der Waals surface area contributed by atoms with E-state index in [0.29, 0.717) is 45.6 Å². The standard InChI is InChI=1S/C14H31NO4.C3H7NO4S/c1-14(2)4-6-16-8-10-18-12-13-19-11-9-17-7-5-15-3;4-3(1-5)2-9(6,7)8/h14-15H,4-13H2,1-3H3;1,3H,2,4H2,(H,6,7,8). The normalized spacial score (nSPS) is 12.5. The third-order valence-corrected chi connectivity index (χ3v) is 3.84. The van der Waals surface area contributed by atoms with Gasteiger partial charge in [0.2, 0.25) is 0 Å². The molecule has 170 valence electrons. The average Bonchev–Trinajstić information content (AvgIpc) is 2.61. The van der Waals surface area contributed by atoms with Crippen LogP contribution in [0, 0.1) is 5.92 Å². The van der Waals surface area contributed by atoms with Crippen molar-refractivity contribution in [3.8, 4) is 0 Å². The number of nitrogens with one attached hydrogen (secondary N) is 1. The topological polar surface area (TPSA) is 146 Å². The minimum atomic E-state index is -4.09. The predicted molar refractivity (Wildman–Crippen MR) is 107 cm³/mol. The van der Waals surface area contributed by atoms with Crippen LogP contribution >= 0.6 is 0 Å². The van der Waals surface area contributed by atoms with Crippen molar-refractivity contribution < 1.29 is 36.7 Å². The Morgan fingerprint density at radius 3 is 1.68 bits per heavy atom. The summed E-state index contributed by atoms with van der Waals surface area (Å²) in [5.74, 6) is -0.0131. The summed E-state index contributed by atoms with van der Waals surface area (Å²) < 4.78 is 49.4. The van der Waals surface area contributed by atoms with Gasteiger partial charge >= 0.3 is 0 Å². The first-order valence-corrected chi connectivity index (χ1v) is 11.0. The first kappa shape index (κ1) is 29.5. The van der Waals surface area contributed by atoms with E-state index < -0.39 is 21.9 Å². The fourth-order valence-corrected chi connectivity index (χ4v) is 2.10. The van der Waals surface area contributed by atoms with Gasteiger partial charge < -0.3 is 34.8 Å². The van der Waals surface area contributed by atoms with Crippen molar-refractivity contribution >= 4 is 16.4 Å². The van der Waals surface area contributed by atoms with Crippen molar-refractivity contribution in [3.05, 3.63) is 0 Å². The summed E-state index contributed by atoms with van der Waals surface area (Å²) in [6, 6.07) is -1.13. The van der Waals surface area contributed by atoms with Crippen LogP contribution in [-0.2, 0) is 33.9 Å². The Labute approximate surface area is 169 Å². The summed E-state index contributed by atoms with van der Waals surface area (Å²) >= 11 is 0. The molecule has 0 fully saturated rings. The fourth-order valence-electron chi connectivity index (χ4n) is 1.54. The maximum Gasteiger partial charge on any atom is 0.266 e. The predicted octanol–water partition coefficient (Wildman–Crippen LogP) is -0.281. The zero-order chi connectivity index (χ0) is 21.7. The van der Waals surface area contributed by atoms with Crippen molar-refractivity contribution in [1.29, 1.82) is 0 Å². The number of nitrogens with two attached hydrogens (primary N) is 1. The van der Waals surface area contributed by atoms with E-state index in [9.17, 15) is 13.2 Å². The molecule has 0 heterocycles. The van der Waals surface area contributed by atoms with Crippen LogP contribution in [0.1, 0.15) is 20.3 Å². The summed E-state index contributed by atoms with van der Waals surface area (Å²) in [6.45, 7) is 10.6. The molecule has 0 saturated carbocycles. The summed E-state index contributed by atoms with van der Waals surface area (Å²) in [6.07, 6.45) is 1.37. The second-order valence-corrected chi connectivity index (χ2v) is 7.78. The summed E-state index contributed by atoms with van der Waals surface area (Å²) in [5.41, 5.74) is 4.85. The first-order valence-electron chi connectivity index (χ1n) is 9.34. The van der Waals surface area contributed by atoms with Crippen LogP contribution in [0.25, 0.3) is 0 Å². The van der Waals surface area contributed by atoms with E-state index in [-0.39, 0.29) is 6.29 Å². The van der Waals surface area contributed by atoms with E-state index in [1.165, 1.54) is 0 Å². The second kappa shape index (κ2) is 21.1. The zero-order valence-corrected chi connectivity index (χ0v) is 18.1. The van der Waals surface area contributed by atoms with E-state index in [1.807, 2.05) is 7.05 Å². The van der Waals surface area contributed by atoms with E-state index in [0.717, 1.165) is 26.2 Å². The molecule has 0 aromatic rings. The Hall–Kier alpha value is -0.660. The van der Waals surface area contributed by atoms with Gasteiger partial charge in [0.05, 0.1) is 58.0 Å². The fraction of sp³-hybridized carbons (Fsp3) is 0.941. The van der Waals surface area contributed by atoms with E-state index >= 15 is 0 Å². The highest BCUT2D eigenvalue weighted by Gasteiger charge is 2.10. The smallest absolute Gasteiger partial charge is 0.266 e. The molecule has 1 unspecified atom stereocenters. The van der Waals surface area contributed by atoms with Crippen LogP contribution in [0.4, 0.5) is 0 Å². The van der Waals surface area contributed by atoms with E-state index in [2.05, 4.69) is 19.2 Å². The third-order valence-electron chi connectivity index (χ3n) is 3.03. The first-order chi connectivity index (χ1) is 13.2. The van der Waals surface area contributed by atoms with Gasteiger partial charge in [-0.1, -0.05) is 13.8 Å². The minimum absolute atomic E-state index is 0.258. The van der Waals surface area contributed by atoms with Gasteiger partial charge in [-0.2, -0.15) is 8.42 Å². The molecule has 0 bridgehead atoms. The second-order valence-electron chi connectivity index (χ2n) is 6.28. The molecule has 0 aromatic carbocycles. The van der Waals surface area contributed by atoms with Gasteiger partial charge in [-0.15, -0.1) is 0 Å². The molecule has 0 saturated heterocycles. The minimum Gasteiger partial charge on any atom is -0.379 e. The molecule has 0 rings (SSSR count). The van der Waals surface area contributed by atoms with Gasteiger partial charge in [-0.3, -0.25) is 4.55 Å². The van der Waals surface area contributed by atoms with Crippen LogP contribution in [0.2, 0.25) is 0 Å². The molecule has 0 aliphatic heterocycles. The molecule has 10 nitrogen and oxygen atoms in total. The van der Waals surface area contributed by atoms with Crippen LogP contribution in [-0.4, -0.2) is 97.5 Å². The lowest BCUT2D eigenvalue weighted by molar-refractivity contribution is -0.108. The molecule has 1 atom stereocenters. The summed E-state index contributed by atoms with van der Waals surface area (Å²) in [4.78, 5) is 9.68. The number of hydrogen-bond donors (Lipinski definition) is 3. The van der Waals surface area contributed by atoms with Gasteiger partial charge in [0.25, 0.3) is 10.1 Å². The Bertz CT molecular complexity index is 435. The SMILES string of the molecule is CNCCOCCOCCOCCOCCC(C)C.NC(C=O)CS(=O)(=O)O. The van der Waals surface area contributed by atoms with Crippen molar-refractivity contribution in [2.24, 2.45) is 11.7 Å². The van der Waals surface area contributed by atoms with Crippen molar-refractivity contribution in [2.75, 3.05) is 72.2 Å². The molecule has 0 amide bonds. The third kappa shape index (κ3) is 30.1. The molecule has 0 spiro atoms. The highest BCUT2D eigenvalue weighted by molar-refractivity contribution is 7.85. The van der Waals surface area contributed by atoms with Crippen molar-refractivity contribution in [2.45, 2.75) is 26.3 Å². The van der Waals surface area contributed by atoms with Crippen LogP contribution in [0.5, 0.6) is 0 Å². The Morgan fingerprint density at radius 1 is 0.929 bits per heavy atom. The molecule has 0 aromatic heterocycles. The van der Waals surface area contributed by atoms with E-state index in [1.54, 1.807) is 0 Å². The van der Waals surface area contributed by atoms with Crippen LogP contribution < -0.4 is 11.1 Å². The van der Waals surface area contributed by atoms with Gasteiger partial charge in [0, 0.05) is 13.2 Å². The summed E-state index contributed by atoms with van der Waals surface area (Å²) in [5, 5.41) is 3.02.